The van der Waals surface area contributed by atoms with Crippen LogP contribution in [0.5, 0.6) is 0 Å². The molecule has 1 atom stereocenters. The lowest BCUT2D eigenvalue weighted by Crippen LogP contribution is -2.14. The molecule has 9 heavy (non-hydrogen) atoms. The Labute approximate surface area is 55.6 Å². The van der Waals surface area contributed by atoms with Gasteiger partial charge < -0.3 is 14.6 Å². The summed E-state index contributed by atoms with van der Waals surface area (Å²) in [7, 11) is 0. The third kappa shape index (κ3) is 5.76. The van der Waals surface area contributed by atoms with Gasteiger partial charge in [0.1, 0.15) is 0 Å². The summed E-state index contributed by atoms with van der Waals surface area (Å²) >= 11 is 0. The van der Waals surface area contributed by atoms with E-state index in [9.17, 15) is 0 Å². The van der Waals surface area contributed by atoms with Crippen molar-refractivity contribution < 1.29 is 14.6 Å². The molecule has 0 rings (SSSR count). The summed E-state index contributed by atoms with van der Waals surface area (Å²) in [6, 6.07) is 0. The molecule has 0 aromatic rings. The number of rotatable bonds is 5. The van der Waals surface area contributed by atoms with Crippen LogP contribution < -0.4 is 0 Å². The number of aliphatic hydroxyl groups excluding tert-OH is 1. The van der Waals surface area contributed by atoms with E-state index < -0.39 is 0 Å². The van der Waals surface area contributed by atoms with Crippen LogP contribution in [-0.2, 0) is 9.47 Å². The molecule has 0 aliphatic rings. The summed E-state index contributed by atoms with van der Waals surface area (Å²) in [5.74, 6) is 0. The van der Waals surface area contributed by atoms with Gasteiger partial charge in [-0.25, -0.2) is 0 Å². The van der Waals surface area contributed by atoms with Gasteiger partial charge in [0, 0.05) is 6.61 Å². The minimum Gasteiger partial charge on any atom is -0.394 e. The zero-order valence-electron chi connectivity index (χ0n) is 5.96. The van der Waals surface area contributed by atoms with Gasteiger partial charge in [0.25, 0.3) is 0 Å². The Balaban J connectivity index is 2.95. The molecule has 0 bridgehead atoms. The molecule has 0 heterocycles. The van der Waals surface area contributed by atoms with E-state index in [4.69, 9.17) is 14.6 Å². The van der Waals surface area contributed by atoms with Crippen LogP contribution in [0.1, 0.15) is 13.8 Å². The highest BCUT2D eigenvalue weighted by Crippen LogP contribution is 1.90. The van der Waals surface area contributed by atoms with Gasteiger partial charge in [-0.2, -0.15) is 0 Å². The zero-order chi connectivity index (χ0) is 7.11. The summed E-state index contributed by atoms with van der Waals surface area (Å²) in [5.41, 5.74) is 0. The molecule has 56 valence electrons. The molecule has 0 saturated carbocycles. The van der Waals surface area contributed by atoms with Gasteiger partial charge in [0.05, 0.1) is 13.2 Å². The molecule has 3 heteroatoms. The fourth-order valence-corrected chi connectivity index (χ4v) is 0.501. The first kappa shape index (κ1) is 8.88. The first-order chi connectivity index (χ1) is 4.31. The van der Waals surface area contributed by atoms with E-state index in [0.29, 0.717) is 13.2 Å². The van der Waals surface area contributed by atoms with Crippen LogP contribution in [0.15, 0.2) is 0 Å². The SMILES string of the molecule is CCOC(C)OCCO. The average Bonchev–Trinajstić information content (AvgIpc) is 1.85. The maximum atomic E-state index is 8.30. The van der Waals surface area contributed by atoms with Crippen molar-refractivity contribution in [2.24, 2.45) is 0 Å². The first-order valence-corrected chi connectivity index (χ1v) is 3.15. The predicted octanol–water partition coefficient (Wildman–Crippen LogP) is 0.378. The van der Waals surface area contributed by atoms with Crippen molar-refractivity contribution >= 4 is 0 Å². The highest BCUT2D eigenvalue weighted by Gasteiger charge is 1.96. The maximum absolute atomic E-state index is 8.30. The summed E-state index contributed by atoms with van der Waals surface area (Å²) < 4.78 is 9.97. The smallest absolute Gasteiger partial charge is 0.154 e. The van der Waals surface area contributed by atoms with Gasteiger partial charge in [-0.3, -0.25) is 0 Å². The van der Waals surface area contributed by atoms with Gasteiger partial charge in [-0.1, -0.05) is 0 Å². The lowest BCUT2D eigenvalue weighted by atomic mass is 10.7. The Hall–Kier alpha value is -0.120. The van der Waals surface area contributed by atoms with Crippen LogP contribution >= 0.6 is 0 Å². The van der Waals surface area contributed by atoms with E-state index in [2.05, 4.69) is 0 Å². The Bertz CT molecular complexity index is 56.3. The molecule has 0 amide bonds. The van der Waals surface area contributed by atoms with Gasteiger partial charge in [-0.05, 0) is 13.8 Å². The summed E-state index contributed by atoms with van der Waals surface area (Å²) in [6.45, 7) is 4.75. The predicted molar refractivity (Wildman–Crippen MR) is 34.1 cm³/mol. The fraction of sp³-hybridized carbons (Fsp3) is 1.00. The van der Waals surface area contributed by atoms with Gasteiger partial charge in [0.2, 0.25) is 0 Å². The molecule has 1 N–H and O–H groups in total. The fourth-order valence-electron chi connectivity index (χ4n) is 0.501. The number of hydrogen-bond donors (Lipinski definition) is 1. The molecule has 0 aromatic carbocycles. The average molecular weight is 134 g/mol. The van der Waals surface area contributed by atoms with Gasteiger partial charge in [-0.15, -0.1) is 0 Å². The van der Waals surface area contributed by atoms with Crippen LogP contribution in [0, 0.1) is 0 Å². The molecule has 3 nitrogen and oxygen atoms in total. The molecule has 0 aromatic heterocycles. The molecular weight excluding hydrogens is 120 g/mol. The molecule has 0 fully saturated rings. The minimum atomic E-state index is -0.192. The highest BCUT2D eigenvalue weighted by atomic mass is 16.7. The largest absolute Gasteiger partial charge is 0.394 e. The van der Waals surface area contributed by atoms with E-state index in [-0.39, 0.29) is 12.9 Å². The van der Waals surface area contributed by atoms with Crippen molar-refractivity contribution in [3.8, 4) is 0 Å². The molecular formula is C6H14O3. The summed E-state index contributed by atoms with van der Waals surface area (Å²) in [5, 5.41) is 8.30. The van der Waals surface area contributed by atoms with Crippen molar-refractivity contribution in [1.82, 2.24) is 0 Å². The molecule has 0 spiro atoms. The van der Waals surface area contributed by atoms with Crippen LogP contribution in [0.25, 0.3) is 0 Å². The lowest BCUT2D eigenvalue weighted by Gasteiger charge is -2.10. The maximum Gasteiger partial charge on any atom is 0.154 e. The van der Waals surface area contributed by atoms with E-state index in [1.807, 2.05) is 6.92 Å². The first-order valence-electron chi connectivity index (χ1n) is 3.15. The minimum absolute atomic E-state index is 0.0530. The third-order valence-corrected chi connectivity index (χ3v) is 0.845. The normalized spacial score (nSPS) is 13.7. The second kappa shape index (κ2) is 6.01. The standard InChI is InChI=1S/C6H14O3/c1-3-8-6(2)9-5-4-7/h6-7H,3-5H2,1-2H3. The second-order valence-corrected chi connectivity index (χ2v) is 1.62. The topological polar surface area (TPSA) is 38.7 Å². The van der Waals surface area contributed by atoms with Crippen LogP contribution in [-0.4, -0.2) is 31.2 Å². The van der Waals surface area contributed by atoms with E-state index >= 15 is 0 Å². The Morgan fingerprint density at radius 2 is 2.11 bits per heavy atom. The molecule has 0 aliphatic carbocycles. The Kier molecular flexibility index (Phi) is 5.93. The summed E-state index contributed by atoms with van der Waals surface area (Å²) in [6.07, 6.45) is -0.192. The van der Waals surface area contributed by atoms with E-state index in [0.717, 1.165) is 0 Å². The van der Waals surface area contributed by atoms with Crippen molar-refractivity contribution in [1.29, 1.82) is 0 Å². The summed E-state index contributed by atoms with van der Waals surface area (Å²) in [4.78, 5) is 0. The number of hydrogen-bond acceptors (Lipinski definition) is 3. The number of ether oxygens (including phenoxy) is 2. The molecule has 0 radical (unpaired) electrons. The van der Waals surface area contributed by atoms with Gasteiger partial charge in [0.15, 0.2) is 6.29 Å². The monoisotopic (exact) mass is 134 g/mol. The van der Waals surface area contributed by atoms with E-state index in [1.54, 1.807) is 6.92 Å². The van der Waals surface area contributed by atoms with Crippen molar-refractivity contribution in [2.75, 3.05) is 19.8 Å². The Morgan fingerprint density at radius 1 is 1.44 bits per heavy atom. The highest BCUT2D eigenvalue weighted by molar-refractivity contribution is 4.29. The lowest BCUT2D eigenvalue weighted by molar-refractivity contribution is -0.132. The van der Waals surface area contributed by atoms with Crippen molar-refractivity contribution in [3.05, 3.63) is 0 Å². The molecule has 0 saturated heterocycles. The Morgan fingerprint density at radius 3 is 2.56 bits per heavy atom. The third-order valence-electron chi connectivity index (χ3n) is 0.845. The quantitative estimate of drug-likeness (QED) is 0.552. The van der Waals surface area contributed by atoms with Crippen LogP contribution in [0.4, 0.5) is 0 Å². The van der Waals surface area contributed by atoms with Crippen molar-refractivity contribution in [2.45, 2.75) is 20.1 Å². The zero-order valence-corrected chi connectivity index (χ0v) is 5.96. The number of aliphatic hydroxyl groups is 1. The van der Waals surface area contributed by atoms with Crippen molar-refractivity contribution in [3.63, 3.8) is 0 Å². The van der Waals surface area contributed by atoms with Crippen LogP contribution in [0.3, 0.4) is 0 Å². The van der Waals surface area contributed by atoms with Gasteiger partial charge >= 0.3 is 0 Å². The molecule has 0 aliphatic heterocycles. The van der Waals surface area contributed by atoms with Crippen LogP contribution in [0.2, 0.25) is 0 Å². The molecule has 1 unspecified atom stereocenters. The van der Waals surface area contributed by atoms with E-state index in [1.165, 1.54) is 0 Å². The second-order valence-electron chi connectivity index (χ2n) is 1.62.